The molecular formula is C8H15NO8S2. The predicted octanol–water partition coefficient (Wildman–Crippen LogP) is -0.925. The molecular weight excluding hydrogens is 302 g/mol. The predicted molar refractivity (Wildman–Crippen MR) is 63.3 cm³/mol. The van der Waals surface area contributed by atoms with Crippen molar-refractivity contribution in [2.24, 2.45) is 0 Å². The molecule has 1 amide bonds. The maximum atomic E-state index is 11.6. The monoisotopic (exact) mass is 317 g/mol. The van der Waals surface area contributed by atoms with Gasteiger partial charge in [0.15, 0.2) is 6.10 Å². The lowest BCUT2D eigenvalue weighted by Crippen LogP contribution is -2.32. The van der Waals surface area contributed by atoms with Crippen LogP contribution < -0.4 is 0 Å². The van der Waals surface area contributed by atoms with Crippen molar-refractivity contribution in [3.8, 4) is 0 Å². The first-order valence-corrected chi connectivity index (χ1v) is 8.45. The van der Waals surface area contributed by atoms with Crippen LogP contribution in [0.3, 0.4) is 0 Å². The number of carbonyl (C=O) groups is 1. The van der Waals surface area contributed by atoms with Crippen molar-refractivity contribution >= 4 is 26.4 Å². The van der Waals surface area contributed by atoms with Crippen molar-refractivity contribution < 1.29 is 34.9 Å². The first-order chi connectivity index (χ1) is 8.58. The van der Waals surface area contributed by atoms with E-state index in [1.165, 1.54) is 4.90 Å². The molecule has 0 aliphatic carbocycles. The summed E-state index contributed by atoms with van der Waals surface area (Å²) in [5.41, 5.74) is 0. The number of carbonyl (C=O) groups excluding carboxylic acids is 1. The van der Waals surface area contributed by atoms with Crippen LogP contribution in [-0.4, -0.2) is 61.7 Å². The average Bonchev–Trinajstić information content (AvgIpc) is 2.52. The molecule has 1 atom stereocenters. The molecule has 1 rings (SSSR count). The Balaban J connectivity index is 2.36. The van der Waals surface area contributed by atoms with E-state index >= 15 is 0 Å². The molecule has 0 saturated carbocycles. The zero-order valence-electron chi connectivity index (χ0n) is 9.93. The number of unbranched alkanes of at least 4 members (excludes halogenated alkanes) is 1. The zero-order valence-corrected chi connectivity index (χ0v) is 11.6. The van der Waals surface area contributed by atoms with Gasteiger partial charge in [-0.3, -0.25) is 13.9 Å². The van der Waals surface area contributed by atoms with Gasteiger partial charge < -0.3 is 4.90 Å². The maximum absolute atomic E-state index is 11.6. The molecule has 1 aliphatic heterocycles. The van der Waals surface area contributed by atoms with Crippen LogP contribution in [-0.2, 0) is 29.5 Å². The van der Waals surface area contributed by atoms with Crippen molar-refractivity contribution in [2.45, 2.75) is 25.4 Å². The van der Waals surface area contributed by atoms with Gasteiger partial charge in [-0.2, -0.15) is 16.8 Å². The number of rotatable bonds is 7. The minimum Gasteiger partial charge on any atom is -0.340 e. The van der Waals surface area contributed by atoms with Crippen LogP contribution >= 0.6 is 0 Å². The third kappa shape index (κ3) is 6.29. The largest absolute Gasteiger partial charge is 0.398 e. The van der Waals surface area contributed by atoms with Crippen molar-refractivity contribution in [1.82, 2.24) is 4.90 Å². The molecule has 1 unspecified atom stereocenters. The lowest BCUT2D eigenvalue weighted by atomic mass is 10.3. The second kappa shape index (κ2) is 6.13. The van der Waals surface area contributed by atoms with E-state index in [-0.39, 0.29) is 31.7 Å². The van der Waals surface area contributed by atoms with E-state index in [2.05, 4.69) is 4.18 Å². The SMILES string of the molecule is O=C1C(OS(=O)(=O)O)CCN1CCCCS(=O)(=O)O. The lowest BCUT2D eigenvalue weighted by molar-refractivity contribution is -0.133. The minimum atomic E-state index is -4.67. The lowest BCUT2D eigenvalue weighted by Gasteiger charge is -2.15. The molecule has 0 spiro atoms. The highest BCUT2D eigenvalue weighted by molar-refractivity contribution is 7.85. The van der Waals surface area contributed by atoms with Crippen LogP contribution in [0.4, 0.5) is 0 Å². The number of hydrogen-bond acceptors (Lipinski definition) is 6. The number of nitrogens with zero attached hydrogens (tertiary/aromatic N) is 1. The van der Waals surface area contributed by atoms with Gasteiger partial charge in [-0.05, 0) is 12.8 Å². The van der Waals surface area contributed by atoms with E-state index in [0.29, 0.717) is 6.42 Å². The Kier molecular flexibility index (Phi) is 5.26. The van der Waals surface area contributed by atoms with Crippen LogP contribution in [0.25, 0.3) is 0 Å². The quantitative estimate of drug-likeness (QED) is 0.454. The third-order valence-corrected chi connectivity index (χ3v) is 3.85. The van der Waals surface area contributed by atoms with Crippen LogP contribution in [0.2, 0.25) is 0 Å². The van der Waals surface area contributed by atoms with Gasteiger partial charge in [0.25, 0.3) is 16.0 Å². The second-order valence-corrected chi connectivity index (χ2v) is 6.74. The Hall–Kier alpha value is -0.750. The van der Waals surface area contributed by atoms with Crippen molar-refractivity contribution in [2.75, 3.05) is 18.8 Å². The minimum absolute atomic E-state index is 0.136. The Labute approximate surface area is 111 Å². The number of hydrogen-bond donors (Lipinski definition) is 2. The fourth-order valence-electron chi connectivity index (χ4n) is 1.76. The summed E-state index contributed by atoms with van der Waals surface area (Å²) >= 11 is 0. The summed E-state index contributed by atoms with van der Waals surface area (Å²) in [6.45, 7) is 0.505. The second-order valence-electron chi connectivity index (χ2n) is 4.12. The van der Waals surface area contributed by atoms with Gasteiger partial charge in [0.2, 0.25) is 0 Å². The van der Waals surface area contributed by atoms with Gasteiger partial charge in [0, 0.05) is 19.5 Å². The van der Waals surface area contributed by atoms with E-state index in [1.807, 2.05) is 0 Å². The maximum Gasteiger partial charge on any atom is 0.398 e. The van der Waals surface area contributed by atoms with E-state index in [9.17, 15) is 21.6 Å². The molecule has 0 aromatic heterocycles. The highest BCUT2D eigenvalue weighted by Gasteiger charge is 2.35. The Bertz CT molecular complexity index is 525. The molecule has 0 radical (unpaired) electrons. The first kappa shape index (κ1) is 16.3. The molecule has 1 fully saturated rings. The highest BCUT2D eigenvalue weighted by atomic mass is 32.3. The fourth-order valence-corrected chi connectivity index (χ4v) is 2.80. The number of likely N-dealkylation sites (tertiary alicyclic amines) is 1. The van der Waals surface area contributed by atoms with E-state index < -0.39 is 32.5 Å². The van der Waals surface area contributed by atoms with Gasteiger partial charge in [-0.15, -0.1) is 0 Å². The summed E-state index contributed by atoms with van der Waals surface area (Å²) in [5.74, 6) is -0.954. The van der Waals surface area contributed by atoms with Gasteiger partial charge >= 0.3 is 10.4 Å². The molecule has 0 aromatic rings. The van der Waals surface area contributed by atoms with Gasteiger partial charge in [0.05, 0.1) is 5.75 Å². The molecule has 9 nitrogen and oxygen atoms in total. The molecule has 112 valence electrons. The third-order valence-electron chi connectivity index (χ3n) is 2.57. The summed E-state index contributed by atoms with van der Waals surface area (Å²) in [6.07, 6.45) is -0.551. The normalized spacial score (nSPS) is 21.1. The van der Waals surface area contributed by atoms with Crippen LogP contribution in [0.15, 0.2) is 0 Å². The molecule has 11 heteroatoms. The van der Waals surface area contributed by atoms with Gasteiger partial charge in [-0.1, -0.05) is 0 Å². The van der Waals surface area contributed by atoms with E-state index in [4.69, 9.17) is 9.11 Å². The summed E-state index contributed by atoms with van der Waals surface area (Å²) in [4.78, 5) is 13.0. The van der Waals surface area contributed by atoms with Crippen molar-refractivity contribution in [3.05, 3.63) is 0 Å². The Morgan fingerprint density at radius 2 is 1.84 bits per heavy atom. The summed E-state index contributed by atoms with van der Waals surface area (Å²) in [7, 11) is -8.68. The first-order valence-electron chi connectivity index (χ1n) is 5.48. The van der Waals surface area contributed by atoms with Crippen molar-refractivity contribution in [3.63, 3.8) is 0 Å². The number of amides is 1. The van der Waals surface area contributed by atoms with E-state index in [1.54, 1.807) is 0 Å². The standard InChI is InChI=1S/C8H15NO8S2/c10-8-7(17-19(14,15)16)3-5-9(8)4-1-2-6-18(11,12)13/h7H,1-6H2,(H,11,12,13)(H,14,15,16). The molecule has 2 N–H and O–H groups in total. The molecule has 1 aliphatic rings. The van der Waals surface area contributed by atoms with Crippen LogP contribution in [0.5, 0.6) is 0 Å². The van der Waals surface area contributed by atoms with Gasteiger partial charge in [0.1, 0.15) is 0 Å². The van der Waals surface area contributed by atoms with Gasteiger partial charge in [-0.25, -0.2) is 4.18 Å². The smallest absolute Gasteiger partial charge is 0.340 e. The molecule has 1 saturated heterocycles. The average molecular weight is 317 g/mol. The van der Waals surface area contributed by atoms with Crippen LogP contribution in [0.1, 0.15) is 19.3 Å². The Morgan fingerprint density at radius 3 is 2.37 bits per heavy atom. The van der Waals surface area contributed by atoms with Crippen LogP contribution in [0, 0.1) is 0 Å². The van der Waals surface area contributed by atoms with E-state index in [0.717, 1.165) is 0 Å². The molecule has 1 heterocycles. The molecule has 19 heavy (non-hydrogen) atoms. The topological polar surface area (TPSA) is 138 Å². The van der Waals surface area contributed by atoms with Crippen molar-refractivity contribution in [1.29, 1.82) is 0 Å². The molecule has 0 bridgehead atoms. The highest BCUT2D eigenvalue weighted by Crippen LogP contribution is 2.16. The Morgan fingerprint density at radius 1 is 1.21 bits per heavy atom. The summed E-state index contributed by atoms with van der Waals surface area (Å²) < 4.78 is 63.1. The zero-order chi connectivity index (χ0) is 14.7. The molecule has 0 aromatic carbocycles. The fraction of sp³-hybridized carbons (Fsp3) is 0.875. The summed E-state index contributed by atoms with van der Waals surface area (Å²) in [5, 5.41) is 0. The summed E-state index contributed by atoms with van der Waals surface area (Å²) in [6, 6.07) is 0.